The molecule has 0 aromatic heterocycles. The lowest BCUT2D eigenvalue weighted by Crippen LogP contribution is -2.56. The number of likely N-dealkylation sites (tertiary alicyclic amines) is 1. The van der Waals surface area contributed by atoms with Crippen molar-refractivity contribution in [2.24, 2.45) is 39.6 Å². The first-order valence-corrected chi connectivity index (χ1v) is 16.7. The smallest absolute Gasteiger partial charge is 0.242 e. The molecule has 0 bridgehead atoms. The molecule has 4 fully saturated rings. The molecule has 3 saturated carbocycles. The van der Waals surface area contributed by atoms with Crippen LogP contribution in [0.3, 0.4) is 0 Å². The maximum atomic E-state index is 12.5. The summed E-state index contributed by atoms with van der Waals surface area (Å²) >= 11 is 1.08. The number of carbonyl (C=O) groups excluding carboxylic acids is 4. The van der Waals surface area contributed by atoms with E-state index in [0.717, 1.165) is 37.4 Å². The Labute approximate surface area is 257 Å². The van der Waals surface area contributed by atoms with Gasteiger partial charge in [-0.1, -0.05) is 31.9 Å². The first kappa shape index (κ1) is 32.1. The Kier molecular flexibility index (Phi) is 9.66. The van der Waals surface area contributed by atoms with Gasteiger partial charge in [0.25, 0.3) is 0 Å². The molecule has 1 saturated heterocycles. The highest BCUT2D eigenvalue weighted by atomic mass is 32.2. The second-order valence-corrected chi connectivity index (χ2v) is 14.6. The van der Waals surface area contributed by atoms with Crippen LogP contribution < -0.4 is 5.43 Å². The number of aliphatic hydroxyl groups is 3. The van der Waals surface area contributed by atoms with E-state index in [9.17, 15) is 29.4 Å². The number of hydrazone groups is 1. The number of hydrogen-bond acceptors (Lipinski definition) is 9. The fraction of sp³-hybridized carbons (Fsp3) is 0.719. The van der Waals surface area contributed by atoms with Gasteiger partial charge in [0.15, 0.2) is 5.78 Å². The summed E-state index contributed by atoms with van der Waals surface area (Å²) in [6, 6.07) is 0. The molecule has 3 amide bonds. The summed E-state index contributed by atoms with van der Waals surface area (Å²) in [7, 11) is 0. The van der Waals surface area contributed by atoms with Crippen molar-refractivity contribution in [2.45, 2.75) is 89.4 Å². The summed E-state index contributed by atoms with van der Waals surface area (Å²) in [4.78, 5) is 50.6. The monoisotopic (exact) mass is 615 g/mol. The number of nitrogens with zero attached hydrogens (tertiary/aromatic N) is 2. The summed E-state index contributed by atoms with van der Waals surface area (Å²) in [6.07, 6.45) is 12.0. The number of carbonyl (C=O) groups is 4. The third-order valence-corrected chi connectivity index (χ3v) is 12.0. The first-order chi connectivity index (χ1) is 20.5. The van der Waals surface area contributed by atoms with E-state index in [1.54, 1.807) is 0 Å². The van der Waals surface area contributed by atoms with Gasteiger partial charge in [0.1, 0.15) is 6.61 Å². The molecule has 8 atom stereocenters. The van der Waals surface area contributed by atoms with Crippen LogP contribution in [0.2, 0.25) is 0 Å². The van der Waals surface area contributed by atoms with Crippen LogP contribution in [0.1, 0.15) is 78.1 Å². The molecule has 4 N–H and O–H groups in total. The minimum absolute atomic E-state index is 0.0476. The predicted octanol–water partition coefficient (Wildman–Crippen LogP) is 2.72. The fourth-order valence-electron chi connectivity index (χ4n) is 9.07. The molecule has 1 heterocycles. The number of allylic oxidation sites excluding steroid dienone is 4. The molecule has 11 heteroatoms. The summed E-state index contributed by atoms with van der Waals surface area (Å²) in [5.41, 5.74) is 3.93. The molecule has 5 aliphatic rings. The number of unbranched alkanes of at least 4 members (excludes halogenated alkanes) is 2. The quantitative estimate of drug-likeness (QED) is 0.120. The van der Waals surface area contributed by atoms with Crippen LogP contribution in [0.15, 0.2) is 28.9 Å². The second-order valence-electron chi connectivity index (χ2n) is 13.4. The molecule has 0 radical (unpaired) electrons. The average molecular weight is 616 g/mol. The third-order valence-electron chi connectivity index (χ3n) is 11.1. The van der Waals surface area contributed by atoms with E-state index in [-0.39, 0.29) is 65.0 Å². The van der Waals surface area contributed by atoms with Crippen molar-refractivity contribution < 1.29 is 34.5 Å². The normalized spacial score (nSPS) is 37.7. The topological polar surface area (TPSA) is 157 Å². The van der Waals surface area contributed by atoms with Gasteiger partial charge in [0, 0.05) is 36.6 Å². The Morgan fingerprint density at radius 3 is 2.67 bits per heavy atom. The Balaban J connectivity index is 1.12. The first-order valence-electron chi connectivity index (χ1n) is 15.7. The zero-order valence-electron chi connectivity index (χ0n) is 25.2. The number of thioether (sulfide) groups is 1. The number of hydrogen-bond donors (Lipinski definition) is 4. The molecule has 236 valence electrons. The maximum absolute atomic E-state index is 12.5. The van der Waals surface area contributed by atoms with Gasteiger partial charge in [-0.25, -0.2) is 5.43 Å². The molecule has 1 aliphatic heterocycles. The Morgan fingerprint density at radius 1 is 1.14 bits per heavy atom. The lowest BCUT2D eigenvalue weighted by atomic mass is 9.46. The number of ketones is 1. The van der Waals surface area contributed by atoms with E-state index in [1.807, 2.05) is 12.2 Å². The molecule has 10 nitrogen and oxygen atoms in total. The van der Waals surface area contributed by atoms with E-state index < -0.39 is 18.0 Å². The van der Waals surface area contributed by atoms with Crippen molar-refractivity contribution in [1.29, 1.82) is 0 Å². The summed E-state index contributed by atoms with van der Waals surface area (Å²) in [5.74, 6) is -0.415. The molecule has 43 heavy (non-hydrogen) atoms. The van der Waals surface area contributed by atoms with Crippen LogP contribution in [-0.2, 0) is 19.2 Å². The zero-order valence-corrected chi connectivity index (χ0v) is 26.0. The van der Waals surface area contributed by atoms with E-state index in [0.29, 0.717) is 49.8 Å². The fourth-order valence-corrected chi connectivity index (χ4v) is 9.78. The van der Waals surface area contributed by atoms with Crippen LogP contribution in [-0.4, -0.2) is 79.9 Å². The van der Waals surface area contributed by atoms with E-state index in [2.05, 4.69) is 30.5 Å². The van der Waals surface area contributed by atoms with Crippen LogP contribution in [0, 0.1) is 34.5 Å². The molecule has 0 aromatic rings. The van der Waals surface area contributed by atoms with Gasteiger partial charge in [-0.3, -0.25) is 24.1 Å². The van der Waals surface area contributed by atoms with Gasteiger partial charge in [0.05, 0.1) is 23.0 Å². The predicted molar refractivity (Wildman–Crippen MR) is 162 cm³/mol. The van der Waals surface area contributed by atoms with Gasteiger partial charge in [-0.05, 0) is 74.3 Å². The van der Waals surface area contributed by atoms with Crippen molar-refractivity contribution in [3.05, 3.63) is 23.8 Å². The molecule has 0 spiro atoms. The number of nitrogens with one attached hydrogen (secondary N) is 1. The molecule has 4 aliphatic carbocycles. The minimum Gasteiger partial charge on any atom is -0.393 e. The Morgan fingerprint density at radius 2 is 1.93 bits per heavy atom. The number of aliphatic hydroxyl groups excluding tert-OH is 3. The van der Waals surface area contributed by atoms with Gasteiger partial charge < -0.3 is 15.3 Å². The average Bonchev–Trinajstić information content (AvgIpc) is 3.45. The van der Waals surface area contributed by atoms with Crippen molar-refractivity contribution >= 4 is 41.0 Å². The largest absolute Gasteiger partial charge is 0.393 e. The molecule has 0 aromatic carbocycles. The molecule has 7 unspecified atom stereocenters. The zero-order chi connectivity index (χ0) is 30.9. The van der Waals surface area contributed by atoms with Crippen molar-refractivity contribution in [3.8, 4) is 0 Å². The summed E-state index contributed by atoms with van der Waals surface area (Å²) in [5, 5.41) is 33.9. The molecule has 5 rings (SSSR count). The number of Topliss-reactive ketones (excluding diaryl/α,β-unsaturated/α-hetero) is 1. The third kappa shape index (κ3) is 6.02. The minimum atomic E-state index is -0.544. The van der Waals surface area contributed by atoms with Gasteiger partial charge in [0.2, 0.25) is 17.7 Å². The second kappa shape index (κ2) is 12.9. The number of rotatable bonds is 11. The summed E-state index contributed by atoms with van der Waals surface area (Å²) in [6.45, 7) is 4.23. The highest BCUT2D eigenvalue weighted by Crippen LogP contribution is 2.66. The number of fused-ring (bicyclic) bond motifs is 5. The summed E-state index contributed by atoms with van der Waals surface area (Å²) < 4.78 is 0. The van der Waals surface area contributed by atoms with Crippen molar-refractivity contribution in [1.82, 2.24) is 10.3 Å². The van der Waals surface area contributed by atoms with Gasteiger partial charge >= 0.3 is 0 Å². The number of amides is 3. The van der Waals surface area contributed by atoms with Gasteiger partial charge in [-0.2, -0.15) is 5.10 Å². The SMILES string of the molecule is CC12C=C/C(=N\NC(=O)CCCCCN3C(=O)CC(SCO)C3=O)C=C1CCC1C2[C@@H](O)CC2(C)C(C(=O)CO)CCC12. The highest BCUT2D eigenvalue weighted by Gasteiger charge is 2.62. The highest BCUT2D eigenvalue weighted by molar-refractivity contribution is 8.00. The Bertz CT molecular complexity index is 1230. The lowest BCUT2D eigenvalue weighted by Gasteiger charge is -2.58. The molecular weight excluding hydrogens is 570 g/mol. The van der Waals surface area contributed by atoms with Crippen LogP contribution in [0.25, 0.3) is 0 Å². The number of imide groups is 1. The van der Waals surface area contributed by atoms with Crippen LogP contribution >= 0.6 is 11.8 Å². The van der Waals surface area contributed by atoms with Crippen LogP contribution in [0.5, 0.6) is 0 Å². The van der Waals surface area contributed by atoms with E-state index in [1.165, 1.54) is 10.5 Å². The van der Waals surface area contributed by atoms with Crippen LogP contribution in [0.4, 0.5) is 0 Å². The van der Waals surface area contributed by atoms with E-state index in [4.69, 9.17) is 5.11 Å². The lowest BCUT2D eigenvalue weighted by molar-refractivity contribution is -0.141. The van der Waals surface area contributed by atoms with Gasteiger partial charge in [-0.15, -0.1) is 11.8 Å². The van der Waals surface area contributed by atoms with Crippen molar-refractivity contribution in [2.75, 3.05) is 19.1 Å². The van der Waals surface area contributed by atoms with E-state index >= 15 is 0 Å². The Hall–Kier alpha value is -2.34. The molecular formula is C32H45N3O7S. The standard InChI is InChI=1S/C32H45N3O7S/c1-31-12-11-20(33-34-27(40)6-4-3-5-13-35-28(41)15-26(30(35)42)43-18-37)14-19(31)7-8-21-22-9-10-23(25(39)17-36)32(22,2)16-24(38)29(21)31/h11-12,14,21-24,26,29,36-38H,3-10,13,15-18H2,1-2H3,(H,34,40)/b33-20+/t21?,22?,23?,24-,26?,29?,31?,32?/m0/s1. The maximum Gasteiger partial charge on any atom is 0.242 e. The van der Waals surface area contributed by atoms with Crippen molar-refractivity contribution in [3.63, 3.8) is 0 Å².